The molecule has 2 aromatic rings. The Hall–Kier alpha value is -2.79. The second kappa shape index (κ2) is 5.69. The van der Waals surface area contributed by atoms with Gasteiger partial charge in [0.15, 0.2) is 0 Å². The lowest BCUT2D eigenvalue weighted by Crippen LogP contribution is -2.43. The van der Waals surface area contributed by atoms with Crippen molar-refractivity contribution < 1.29 is 0 Å². The second-order valence-electron chi connectivity index (χ2n) is 5.52. The number of nitrogens with zero attached hydrogens (tertiary/aromatic N) is 3. The average Bonchev–Trinajstić information content (AvgIpc) is 2.57. The second-order valence-corrected chi connectivity index (χ2v) is 6.44. The summed E-state index contributed by atoms with van der Waals surface area (Å²) in [6, 6.07) is 9.40. The van der Waals surface area contributed by atoms with Gasteiger partial charge in [0.1, 0.15) is 11.6 Å². The van der Waals surface area contributed by atoms with Gasteiger partial charge in [0.25, 0.3) is 5.56 Å². The molecule has 0 amide bonds. The predicted octanol–water partition coefficient (Wildman–Crippen LogP) is 1.10. The van der Waals surface area contributed by atoms with Gasteiger partial charge >= 0.3 is 5.69 Å². The van der Waals surface area contributed by atoms with Crippen molar-refractivity contribution in [3.05, 3.63) is 72.1 Å². The van der Waals surface area contributed by atoms with Gasteiger partial charge in [-0.25, -0.2) is 4.79 Å². The molecule has 1 aliphatic rings. The van der Waals surface area contributed by atoms with E-state index >= 15 is 0 Å². The van der Waals surface area contributed by atoms with Crippen LogP contribution in [0.4, 0.5) is 5.82 Å². The summed E-state index contributed by atoms with van der Waals surface area (Å²) >= 11 is 3.40. The van der Waals surface area contributed by atoms with Crippen LogP contribution in [0.3, 0.4) is 0 Å². The molecule has 0 spiro atoms. The Bertz CT molecular complexity index is 1040. The number of benzene rings is 1. The van der Waals surface area contributed by atoms with Gasteiger partial charge < -0.3 is 11.1 Å². The molecule has 0 bridgehead atoms. The van der Waals surface area contributed by atoms with E-state index in [4.69, 9.17) is 5.73 Å². The molecule has 24 heavy (non-hydrogen) atoms. The lowest BCUT2D eigenvalue weighted by atomic mass is 9.84. The molecule has 0 fully saturated rings. The van der Waals surface area contributed by atoms with Crippen molar-refractivity contribution in [2.75, 3.05) is 5.32 Å². The predicted molar refractivity (Wildman–Crippen MR) is 93.4 cm³/mol. The topological polar surface area (TPSA) is 106 Å². The maximum Gasteiger partial charge on any atom is 0.332 e. The molecule has 8 heteroatoms. The Morgan fingerprint density at radius 2 is 2.00 bits per heavy atom. The van der Waals surface area contributed by atoms with Crippen LogP contribution in [-0.2, 0) is 14.1 Å². The highest BCUT2D eigenvalue weighted by Gasteiger charge is 2.34. The number of rotatable bonds is 1. The van der Waals surface area contributed by atoms with Gasteiger partial charge in [-0.15, -0.1) is 0 Å². The Morgan fingerprint density at radius 3 is 2.62 bits per heavy atom. The molecule has 0 aliphatic carbocycles. The first-order valence-corrected chi connectivity index (χ1v) is 7.88. The van der Waals surface area contributed by atoms with Crippen molar-refractivity contribution in [2.45, 2.75) is 5.92 Å². The van der Waals surface area contributed by atoms with Crippen LogP contribution in [0, 0.1) is 11.3 Å². The zero-order valence-corrected chi connectivity index (χ0v) is 14.6. The SMILES string of the molecule is Cn1c2c(c(=O)n(C)c1=O)[C@@H](c1cccc(Br)c1)C(C#N)=C(N)N2. The molecule has 1 aliphatic heterocycles. The van der Waals surface area contributed by atoms with Crippen molar-refractivity contribution in [3.63, 3.8) is 0 Å². The summed E-state index contributed by atoms with van der Waals surface area (Å²) in [5.41, 5.74) is 6.38. The average molecular weight is 388 g/mol. The van der Waals surface area contributed by atoms with E-state index < -0.39 is 17.2 Å². The summed E-state index contributed by atoms with van der Waals surface area (Å²) in [4.78, 5) is 24.9. The van der Waals surface area contributed by atoms with Crippen LogP contribution in [0.5, 0.6) is 0 Å². The number of fused-ring (bicyclic) bond motifs is 1. The molecular weight excluding hydrogens is 374 g/mol. The number of hydrogen-bond acceptors (Lipinski definition) is 5. The van der Waals surface area contributed by atoms with Crippen LogP contribution in [0.15, 0.2) is 49.7 Å². The van der Waals surface area contributed by atoms with Crippen molar-refractivity contribution in [1.29, 1.82) is 5.26 Å². The minimum absolute atomic E-state index is 0.137. The number of halogens is 1. The standard InChI is InChI=1S/C16H14BrN5O2/c1-21-14-12(15(23)22(2)16(21)24)11(10(7-18)13(19)20-14)8-4-3-5-9(17)6-8/h3-6,11,20H,19H2,1-2H3/t11-/m0/s1. The van der Waals surface area contributed by atoms with E-state index in [2.05, 4.69) is 27.3 Å². The molecule has 122 valence electrons. The Labute approximate surface area is 145 Å². The molecule has 2 heterocycles. The zero-order chi connectivity index (χ0) is 17.6. The lowest BCUT2D eigenvalue weighted by Gasteiger charge is -2.28. The normalized spacial score (nSPS) is 16.3. The molecule has 1 aromatic carbocycles. The Kier molecular flexibility index (Phi) is 3.81. The van der Waals surface area contributed by atoms with Crippen LogP contribution in [-0.4, -0.2) is 9.13 Å². The molecule has 0 radical (unpaired) electrons. The van der Waals surface area contributed by atoms with Crippen LogP contribution < -0.4 is 22.3 Å². The van der Waals surface area contributed by atoms with Crippen molar-refractivity contribution in [3.8, 4) is 6.07 Å². The number of allylic oxidation sites excluding steroid dienone is 1. The summed E-state index contributed by atoms with van der Waals surface area (Å²) in [5, 5.41) is 12.4. The van der Waals surface area contributed by atoms with Gasteiger partial charge in [0.05, 0.1) is 23.1 Å². The molecule has 0 saturated carbocycles. The van der Waals surface area contributed by atoms with Gasteiger partial charge in [-0.05, 0) is 17.7 Å². The Morgan fingerprint density at radius 1 is 1.29 bits per heavy atom. The van der Waals surface area contributed by atoms with E-state index in [1.807, 2.05) is 24.3 Å². The fourth-order valence-corrected chi connectivity index (χ4v) is 3.34. The van der Waals surface area contributed by atoms with E-state index in [1.165, 1.54) is 11.6 Å². The third-order valence-electron chi connectivity index (χ3n) is 4.12. The smallest absolute Gasteiger partial charge is 0.332 e. The Balaban J connectivity index is 2.44. The fraction of sp³-hybridized carbons (Fsp3) is 0.188. The summed E-state index contributed by atoms with van der Waals surface area (Å²) in [7, 11) is 2.97. The highest BCUT2D eigenvalue weighted by molar-refractivity contribution is 9.10. The first kappa shape index (κ1) is 16.1. The van der Waals surface area contributed by atoms with E-state index in [1.54, 1.807) is 7.05 Å². The van der Waals surface area contributed by atoms with E-state index in [-0.39, 0.29) is 11.4 Å². The molecule has 1 atom stereocenters. The largest absolute Gasteiger partial charge is 0.384 e. The third kappa shape index (κ3) is 2.25. The quantitative estimate of drug-likeness (QED) is 0.761. The molecule has 7 nitrogen and oxygen atoms in total. The summed E-state index contributed by atoms with van der Waals surface area (Å²) < 4.78 is 3.17. The first-order valence-electron chi connectivity index (χ1n) is 7.09. The maximum atomic E-state index is 12.7. The van der Waals surface area contributed by atoms with Crippen molar-refractivity contribution >= 4 is 21.7 Å². The van der Waals surface area contributed by atoms with Gasteiger partial charge in [-0.3, -0.25) is 13.9 Å². The van der Waals surface area contributed by atoms with Gasteiger partial charge in [0.2, 0.25) is 0 Å². The summed E-state index contributed by atoms with van der Waals surface area (Å²) in [6.07, 6.45) is 0. The highest BCUT2D eigenvalue weighted by Crippen LogP contribution is 2.38. The lowest BCUT2D eigenvalue weighted by molar-refractivity contribution is 0.664. The minimum atomic E-state index is -0.644. The monoisotopic (exact) mass is 387 g/mol. The number of nitrogens with two attached hydrogens (primary N) is 1. The third-order valence-corrected chi connectivity index (χ3v) is 4.62. The van der Waals surface area contributed by atoms with E-state index in [9.17, 15) is 14.9 Å². The van der Waals surface area contributed by atoms with E-state index in [0.29, 0.717) is 11.4 Å². The molecule has 3 rings (SSSR count). The molecule has 0 saturated heterocycles. The van der Waals surface area contributed by atoms with Crippen LogP contribution in [0.1, 0.15) is 17.0 Å². The summed E-state index contributed by atoms with van der Waals surface area (Å²) in [6.45, 7) is 0. The first-order chi connectivity index (χ1) is 11.4. The number of hydrogen-bond donors (Lipinski definition) is 2. The van der Waals surface area contributed by atoms with Crippen LogP contribution in [0.2, 0.25) is 0 Å². The van der Waals surface area contributed by atoms with Gasteiger partial charge in [0, 0.05) is 18.6 Å². The number of nitrogens with one attached hydrogen (secondary N) is 1. The zero-order valence-electron chi connectivity index (χ0n) is 13.0. The summed E-state index contributed by atoms with van der Waals surface area (Å²) in [5.74, 6) is -0.197. The maximum absolute atomic E-state index is 12.7. The molecular formula is C16H14BrN5O2. The molecule has 0 unspecified atom stereocenters. The number of anilines is 1. The molecule has 1 aromatic heterocycles. The molecule has 3 N–H and O–H groups in total. The fourth-order valence-electron chi connectivity index (χ4n) is 2.92. The van der Waals surface area contributed by atoms with Crippen LogP contribution in [0.25, 0.3) is 0 Å². The van der Waals surface area contributed by atoms with Crippen LogP contribution >= 0.6 is 15.9 Å². The number of aromatic nitrogens is 2. The van der Waals surface area contributed by atoms with E-state index in [0.717, 1.165) is 14.6 Å². The highest BCUT2D eigenvalue weighted by atomic mass is 79.9. The van der Waals surface area contributed by atoms with Gasteiger partial charge in [-0.1, -0.05) is 28.1 Å². The van der Waals surface area contributed by atoms with Gasteiger partial charge in [-0.2, -0.15) is 5.26 Å². The van der Waals surface area contributed by atoms with Crippen molar-refractivity contribution in [1.82, 2.24) is 9.13 Å². The minimum Gasteiger partial charge on any atom is -0.384 e. The van der Waals surface area contributed by atoms with Crippen molar-refractivity contribution in [2.24, 2.45) is 19.8 Å². The number of nitriles is 1.